The molecule has 11 heteroatoms. The molecule has 0 spiro atoms. The first-order valence-corrected chi connectivity index (χ1v) is 11.2. The molecule has 0 bridgehead atoms. The molecule has 0 aliphatic carbocycles. The molecule has 10 nitrogen and oxygen atoms in total. The fraction of sp³-hybridized carbons (Fsp3) is 0.375. The number of aliphatic hydroxyl groups excluding tert-OH is 1. The van der Waals surface area contributed by atoms with Crippen molar-refractivity contribution < 1.29 is 33.2 Å². The Bertz CT molecular complexity index is 1260. The molecule has 1 fully saturated rings. The van der Waals surface area contributed by atoms with E-state index < -0.39 is 30.2 Å². The first kappa shape index (κ1) is 23.1. The van der Waals surface area contributed by atoms with Crippen molar-refractivity contribution in [3.8, 4) is 17.4 Å². The number of carbonyl (C=O) groups excluding carboxylic acids is 1. The van der Waals surface area contributed by atoms with Crippen LogP contribution in [0.15, 0.2) is 36.5 Å². The highest BCUT2D eigenvalue weighted by Crippen LogP contribution is 2.35. The number of fused-ring (bicyclic) bond motifs is 2. The Morgan fingerprint density at radius 2 is 2.06 bits per heavy atom. The van der Waals surface area contributed by atoms with E-state index in [1.807, 2.05) is 0 Å². The highest BCUT2D eigenvalue weighted by atomic mass is 19.1. The molecule has 0 radical (unpaired) electrons. The van der Waals surface area contributed by atoms with E-state index in [1.165, 1.54) is 12.0 Å². The maximum absolute atomic E-state index is 14.7. The zero-order valence-electron chi connectivity index (χ0n) is 19.2. The Morgan fingerprint density at radius 3 is 2.83 bits per heavy atom. The van der Waals surface area contributed by atoms with Gasteiger partial charge in [0.25, 0.3) is 0 Å². The van der Waals surface area contributed by atoms with E-state index in [0.29, 0.717) is 47.3 Å². The van der Waals surface area contributed by atoms with Crippen LogP contribution in [0.2, 0.25) is 0 Å². The molecule has 2 aromatic heterocycles. The second-order valence-corrected chi connectivity index (χ2v) is 8.31. The Kier molecular flexibility index (Phi) is 6.27. The van der Waals surface area contributed by atoms with Gasteiger partial charge in [0.15, 0.2) is 11.5 Å². The molecule has 5 rings (SSSR count). The highest BCUT2D eigenvalue weighted by Gasteiger charge is 2.39. The topological polar surface area (TPSA) is 115 Å². The Labute approximate surface area is 200 Å². The normalized spacial score (nSPS) is 18.9. The van der Waals surface area contributed by atoms with Crippen molar-refractivity contribution >= 4 is 22.8 Å². The minimum atomic E-state index is -0.897. The van der Waals surface area contributed by atoms with Gasteiger partial charge in [-0.15, -0.1) is 0 Å². The lowest BCUT2D eigenvalue weighted by Crippen LogP contribution is -2.48. The second kappa shape index (κ2) is 9.51. The number of anilines is 1. The van der Waals surface area contributed by atoms with Gasteiger partial charge < -0.3 is 29.4 Å². The average Bonchev–Trinajstić information content (AvgIpc) is 3.25. The number of carbonyl (C=O) groups is 1. The molecule has 2 N–H and O–H groups in total. The fourth-order valence-corrected chi connectivity index (χ4v) is 4.27. The molecule has 3 unspecified atom stereocenters. The van der Waals surface area contributed by atoms with Crippen LogP contribution in [-0.4, -0.2) is 66.3 Å². The lowest BCUT2D eigenvalue weighted by atomic mass is 10.0. The molecule has 35 heavy (non-hydrogen) atoms. The molecule has 2 aliphatic heterocycles. The van der Waals surface area contributed by atoms with Gasteiger partial charge in [-0.3, -0.25) is 9.88 Å². The first-order chi connectivity index (χ1) is 16.9. The number of hydrogen-bond donors (Lipinski definition) is 2. The van der Waals surface area contributed by atoms with Gasteiger partial charge in [0.1, 0.15) is 30.7 Å². The number of ether oxygens (including phenoxy) is 4. The van der Waals surface area contributed by atoms with Crippen LogP contribution in [0.1, 0.15) is 12.5 Å². The van der Waals surface area contributed by atoms with Gasteiger partial charge in [-0.05, 0) is 25.1 Å². The van der Waals surface area contributed by atoms with E-state index in [0.717, 1.165) is 6.20 Å². The van der Waals surface area contributed by atoms with Crippen LogP contribution in [0, 0.1) is 5.82 Å². The van der Waals surface area contributed by atoms with Gasteiger partial charge in [-0.1, -0.05) is 0 Å². The van der Waals surface area contributed by atoms with Gasteiger partial charge in [0.05, 0.1) is 43.2 Å². The number of benzene rings is 1. The third-order valence-electron chi connectivity index (χ3n) is 6.06. The van der Waals surface area contributed by atoms with Crippen LogP contribution in [0.4, 0.5) is 14.9 Å². The van der Waals surface area contributed by atoms with Crippen LogP contribution >= 0.6 is 0 Å². The summed E-state index contributed by atoms with van der Waals surface area (Å²) in [6.07, 6.45) is -1.00. The number of amides is 1. The largest absolute Gasteiger partial charge is 0.486 e. The summed E-state index contributed by atoms with van der Waals surface area (Å²) in [5, 5.41) is 13.6. The van der Waals surface area contributed by atoms with Gasteiger partial charge in [-0.2, -0.15) is 0 Å². The maximum atomic E-state index is 14.7. The zero-order chi connectivity index (χ0) is 24.5. The predicted octanol–water partition coefficient (Wildman–Crippen LogP) is 2.41. The third-order valence-corrected chi connectivity index (χ3v) is 6.06. The van der Waals surface area contributed by atoms with Gasteiger partial charge >= 0.3 is 6.09 Å². The minimum Gasteiger partial charge on any atom is -0.486 e. The van der Waals surface area contributed by atoms with E-state index in [9.17, 15) is 14.3 Å². The van der Waals surface area contributed by atoms with Gasteiger partial charge in [-0.25, -0.2) is 14.2 Å². The quantitative estimate of drug-likeness (QED) is 0.522. The highest BCUT2D eigenvalue weighted by molar-refractivity contribution is 5.90. The Hall–Kier alpha value is -3.70. The smallest absolute Gasteiger partial charge is 0.414 e. The van der Waals surface area contributed by atoms with E-state index in [1.54, 1.807) is 37.3 Å². The molecule has 1 saturated heterocycles. The zero-order valence-corrected chi connectivity index (χ0v) is 19.2. The Balaban J connectivity index is 1.35. The van der Waals surface area contributed by atoms with Crippen LogP contribution in [-0.2, 0) is 11.3 Å². The van der Waals surface area contributed by atoms with E-state index in [-0.39, 0.29) is 18.7 Å². The van der Waals surface area contributed by atoms with Crippen molar-refractivity contribution in [1.82, 2.24) is 15.3 Å². The van der Waals surface area contributed by atoms with Crippen LogP contribution in [0.5, 0.6) is 17.4 Å². The summed E-state index contributed by atoms with van der Waals surface area (Å²) in [7, 11) is 1.48. The summed E-state index contributed by atoms with van der Waals surface area (Å²) in [6.45, 7) is 2.70. The van der Waals surface area contributed by atoms with E-state index in [4.69, 9.17) is 18.9 Å². The molecule has 3 aromatic rings. The summed E-state index contributed by atoms with van der Waals surface area (Å²) in [4.78, 5) is 22.6. The molecule has 2 aliphatic rings. The number of methoxy groups -OCH3 is 1. The fourth-order valence-electron chi connectivity index (χ4n) is 4.27. The monoisotopic (exact) mass is 484 g/mol. The average molecular weight is 484 g/mol. The molecule has 1 amide bonds. The summed E-state index contributed by atoms with van der Waals surface area (Å²) >= 11 is 0. The van der Waals surface area contributed by atoms with Crippen molar-refractivity contribution in [2.75, 3.05) is 31.8 Å². The predicted molar refractivity (Wildman–Crippen MR) is 123 cm³/mol. The summed E-state index contributed by atoms with van der Waals surface area (Å²) in [5.41, 5.74) is 1.72. The number of halogens is 1. The molecular weight excluding hydrogens is 459 g/mol. The summed E-state index contributed by atoms with van der Waals surface area (Å²) in [5.74, 6) is 0.956. The van der Waals surface area contributed by atoms with Crippen molar-refractivity contribution in [2.24, 2.45) is 0 Å². The number of nitrogens with one attached hydrogen (secondary N) is 1. The SMILES string of the molecule is COc1ccc2ncc(F)c(CNC(C(C)O)C3CN(c4ccc5c(c4)OCCO5)C(=O)O3)c2n1. The third kappa shape index (κ3) is 4.52. The lowest BCUT2D eigenvalue weighted by Gasteiger charge is -2.26. The van der Waals surface area contributed by atoms with Crippen LogP contribution in [0.25, 0.3) is 11.0 Å². The van der Waals surface area contributed by atoms with Crippen LogP contribution < -0.4 is 24.4 Å². The molecule has 184 valence electrons. The molecule has 0 saturated carbocycles. The molecule has 1 aromatic carbocycles. The number of nitrogens with zero attached hydrogens (tertiary/aromatic N) is 3. The Morgan fingerprint density at radius 1 is 1.26 bits per heavy atom. The number of hydrogen-bond acceptors (Lipinski definition) is 9. The van der Waals surface area contributed by atoms with Crippen molar-refractivity contribution in [1.29, 1.82) is 0 Å². The number of aliphatic hydroxyl groups is 1. The number of rotatable bonds is 7. The van der Waals surface area contributed by atoms with Gasteiger partial charge in [0.2, 0.25) is 5.88 Å². The van der Waals surface area contributed by atoms with E-state index >= 15 is 0 Å². The number of aromatic nitrogens is 2. The lowest BCUT2D eigenvalue weighted by molar-refractivity contribution is 0.0547. The maximum Gasteiger partial charge on any atom is 0.414 e. The molecule has 4 heterocycles. The minimum absolute atomic E-state index is 0.0265. The van der Waals surface area contributed by atoms with Crippen molar-refractivity contribution in [3.63, 3.8) is 0 Å². The second-order valence-electron chi connectivity index (χ2n) is 8.31. The van der Waals surface area contributed by atoms with Crippen LogP contribution in [0.3, 0.4) is 0 Å². The van der Waals surface area contributed by atoms with E-state index in [2.05, 4.69) is 15.3 Å². The summed E-state index contributed by atoms with van der Waals surface area (Å²) in [6, 6.07) is 7.88. The number of pyridine rings is 2. The van der Waals surface area contributed by atoms with Crippen molar-refractivity contribution in [3.05, 3.63) is 47.9 Å². The first-order valence-electron chi connectivity index (χ1n) is 11.2. The summed E-state index contributed by atoms with van der Waals surface area (Å²) < 4.78 is 36.6. The van der Waals surface area contributed by atoms with Gasteiger partial charge in [0, 0.05) is 24.2 Å². The molecule has 3 atom stereocenters. The van der Waals surface area contributed by atoms with Crippen molar-refractivity contribution in [2.45, 2.75) is 31.7 Å². The number of cyclic esters (lactones) is 1. The standard InChI is InChI=1S/C24H25FN4O6/c1-13(30)22(27-10-15-16(25)11-26-17-4-6-21(32-2)28-23(15)17)20-12-29(24(31)35-20)14-3-5-18-19(9-14)34-8-7-33-18/h3-6,9,11,13,20,22,27,30H,7-8,10,12H2,1-2H3. The molecular formula is C24H25FN4O6.